The third kappa shape index (κ3) is 4.41. The molecule has 29 valence electrons. The second-order valence-electron chi connectivity index (χ2n) is 0.864. The number of thioether (sulfide) groups is 1. The van der Waals surface area contributed by atoms with Gasteiger partial charge in [-0.3, -0.25) is 0 Å². The van der Waals surface area contributed by atoms with E-state index in [-0.39, 0.29) is 0 Å². The van der Waals surface area contributed by atoms with Gasteiger partial charge in [0.25, 0.3) is 0 Å². The molecule has 0 rings (SSSR count). The number of hydrogen-bond donors (Lipinski definition) is 0. The van der Waals surface area contributed by atoms with E-state index in [0.29, 0.717) is 0 Å². The van der Waals surface area contributed by atoms with Crippen molar-refractivity contribution in [1.29, 1.82) is 0 Å². The molecule has 0 aromatic rings. The molecule has 0 aliphatic heterocycles. The van der Waals surface area contributed by atoms with Crippen LogP contribution in [0, 0.1) is 0 Å². The van der Waals surface area contributed by atoms with Gasteiger partial charge in [-0.25, -0.2) is 0 Å². The van der Waals surface area contributed by atoms with Crippen LogP contribution in [0.4, 0.5) is 0 Å². The van der Waals surface area contributed by atoms with E-state index in [1.807, 2.05) is 11.8 Å². The van der Waals surface area contributed by atoms with Crippen LogP contribution in [0.15, 0.2) is 0 Å². The minimum Gasteiger partial charge on any atom is -0.174 e. The van der Waals surface area contributed by atoms with Crippen LogP contribution in [-0.2, 0) is 0 Å². The van der Waals surface area contributed by atoms with E-state index in [2.05, 4.69) is 20.4 Å². The summed E-state index contributed by atoms with van der Waals surface area (Å²) in [6, 6.07) is 0. The van der Waals surface area contributed by atoms with Crippen LogP contribution < -0.4 is 0 Å². The maximum Gasteiger partial charge on any atom is 0.119 e. The minimum absolute atomic E-state index is 1.18. The highest BCUT2D eigenvalue weighted by molar-refractivity contribution is 7.99. The number of rotatable bonds is 2. The molecule has 0 atom stereocenters. The first-order valence-electron chi connectivity index (χ1n) is 1.68. The van der Waals surface area contributed by atoms with Crippen molar-refractivity contribution in [3.63, 3.8) is 0 Å². The molecule has 0 heterocycles. The second-order valence-corrected chi connectivity index (χ2v) is 1.77. The molecule has 0 nitrogen and oxygen atoms in total. The predicted octanol–water partition coefficient (Wildman–Crippen LogP) is 1.06. The van der Waals surface area contributed by atoms with Gasteiger partial charge in [0.2, 0.25) is 0 Å². The molecule has 0 amide bonds. The first kappa shape index (κ1) is 5.41. The SMILES string of the molecule is C[B]CSC. The van der Waals surface area contributed by atoms with Gasteiger partial charge in [-0.05, 0) is 11.9 Å². The smallest absolute Gasteiger partial charge is 0.119 e. The van der Waals surface area contributed by atoms with Gasteiger partial charge in [-0.1, -0.05) is 6.82 Å². The Morgan fingerprint density at radius 2 is 2.40 bits per heavy atom. The quantitative estimate of drug-likeness (QED) is 0.454. The molecular formula is C3H8BS. The van der Waals surface area contributed by atoms with Gasteiger partial charge in [0.1, 0.15) is 7.28 Å². The van der Waals surface area contributed by atoms with E-state index in [9.17, 15) is 0 Å². The molecule has 0 aromatic carbocycles. The van der Waals surface area contributed by atoms with Gasteiger partial charge in [-0.2, -0.15) is 11.8 Å². The maximum atomic E-state index is 2.14. The Morgan fingerprint density at radius 3 is 2.40 bits per heavy atom. The lowest BCUT2D eigenvalue weighted by atomic mass is 9.87. The Balaban J connectivity index is 2.19. The lowest BCUT2D eigenvalue weighted by molar-refractivity contribution is 2.05. The van der Waals surface area contributed by atoms with Gasteiger partial charge in [-0.15, -0.1) is 0 Å². The molecule has 0 saturated carbocycles. The van der Waals surface area contributed by atoms with Crippen molar-refractivity contribution in [3.8, 4) is 0 Å². The average molecular weight is 87.0 g/mol. The van der Waals surface area contributed by atoms with Gasteiger partial charge in [0.05, 0.1) is 0 Å². The van der Waals surface area contributed by atoms with Crippen molar-refractivity contribution in [2.75, 3.05) is 11.9 Å². The van der Waals surface area contributed by atoms with Gasteiger partial charge in [0.15, 0.2) is 0 Å². The summed E-state index contributed by atoms with van der Waals surface area (Å²) in [5.41, 5.74) is 1.18. The van der Waals surface area contributed by atoms with Crippen molar-refractivity contribution in [1.82, 2.24) is 0 Å². The zero-order valence-electron chi connectivity index (χ0n) is 3.69. The largest absolute Gasteiger partial charge is 0.174 e. The Morgan fingerprint density at radius 1 is 1.80 bits per heavy atom. The van der Waals surface area contributed by atoms with Crippen LogP contribution in [0.5, 0.6) is 0 Å². The Kier molecular flexibility index (Phi) is 4.78. The van der Waals surface area contributed by atoms with E-state index >= 15 is 0 Å². The van der Waals surface area contributed by atoms with Crippen molar-refractivity contribution >= 4 is 19.0 Å². The second kappa shape index (κ2) is 4.41. The fraction of sp³-hybridized carbons (Fsp3) is 1.00. The zero-order chi connectivity index (χ0) is 4.12. The summed E-state index contributed by atoms with van der Waals surface area (Å²) in [6.07, 6.45) is 2.10. The van der Waals surface area contributed by atoms with E-state index in [1.54, 1.807) is 0 Å². The summed E-state index contributed by atoms with van der Waals surface area (Å²) in [5.74, 6) is 0. The van der Waals surface area contributed by atoms with Crippen molar-refractivity contribution in [2.24, 2.45) is 0 Å². The lowest BCUT2D eigenvalue weighted by Gasteiger charge is -1.77. The first-order valence-corrected chi connectivity index (χ1v) is 3.08. The van der Waals surface area contributed by atoms with Gasteiger partial charge < -0.3 is 0 Å². The topological polar surface area (TPSA) is 0 Å². The van der Waals surface area contributed by atoms with Gasteiger partial charge in [0, 0.05) is 0 Å². The molecule has 0 saturated heterocycles. The molecule has 0 unspecified atom stereocenters. The van der Waals surface area contributed by atoms with E-state index in [0.717, 1.165) is 0 Å². The van der Waals surface area contributed by atoms with Gasteiger partial charge >= 0.3 is 0 Å². The Labute approximate surface area is 38.6 Å². The third-order valence-electron chi connectivity index (χ3n) is 0.333. The molecule has 0 aliphatic carbocycles. The summed E-state index contributed by atoms with van der Waals surface area (Å²) in [5, 5.41) is 0. The normalized spacial score (nSPS) is 7.60. The minimum atomic E-state index is 1.18. The van der Waals surface area contributed by atoms with Crippen molar-refractivity contribution < 1.29 is 0 Å². The summed E-state index contributed by atoms with van der Waals surface area (Å²) in [4.78, 5) is 0. The highest BCUT2D eigenvalue weighted by atomic mass is 32.2. The molecular weight excluding hydrogens is 78.9 g/mol. The van der Waals surface area contributed by atoms with Crippen LogP contribution in [0.25, 0.3) is 0 Å². The zero-order valence-corrected chi connectivity index (χ0v) is 4.51. The van der Waals surface area contributed by atoms with Crippen LogP contribution in [0.2, 0.25) is 6.82 Å². The van der Waals surface area contributed by atoms with Crippen molar-refractivity contribution in [3.05, 3.63) is 0 Å². The standard InChI is InChI=1S/C3H8BS/c1-4-3-5-2/h3H2,1-2H3. The molecule has 5 heavy (non-hydrogen) atoms. The molecule has 0 aromatic heterocycles. The Bertz CT molecular complexity index is 14.4. The highest BCUT2D eigenvalue weighted by Gasteiger charge is 1.71. The highest BCUT2D eigenvalue weighted by Crippen LogP contribution is 1.84. The summed E-state index contributed by atoms with van der Waals surface area (Å²) in [6.45, 7) is 2.07. The molecule has 1 radical (unpaired) electrons. The van der Waals surface area contributed by atoms with E-state index < -0.39 is 0 Å². The first-order chi connectivity index (χ1) is 2.41. The molecule has 0 aliphatic rings. The fourth-order valence-electron chi connectivity index (χ4n) is 0.167. The van der Waals surface area contributed by atoms with Crippen LogP contribution in [0.3, 0.4) is 0 Å². The van der Waals surface area contributed by atoms with E-state index in [1.165, 1.54) is 5.65 Å². The predicted molar refractivity (Wildman–Crippen MR) is 30.0 cm³/mol. The number of hydrogen-bond acceptors (Lipinski definition) is 1. The molecule has 0 spiro atoms. The van der Waals surface area contributed by atoms with Crippen LogP contribution >= 0.6 is 11.8 Å². The van der Waals surface area contributed by atoms with Crippen LogP contribution in [-0.4, -0.2) is 19.2 Å². The molecule has 0 bridgehead atoms. The fourth-order valence-corrected chi connectivity index (χ4v) is 0.500. The summed E-state index contributed by atoms with van der Waals surface area (Å²) >= 11 is 1.85. The maximum absolute atomic E-state index is 2.14. The Hall–Kier alpha value is 0.415. The molecule has 0 fully saturated rings. The average Bonchev–Trinajstić information content (AvgIpc) is 1.41. The van der Waals surface area contributed by atoms with Crippen LogP contribution in [0.1, 0.15) is 0 Å². The third-order valence-corrected chi connectivity index (χ3v) is 1.000. The molecule has 0 N–H and O–H groups in total. The summed E-state index contributed by atoms with van der Waals surface area (Å²) < 4.78 is 0. The monoisotopic (exact) mass is 87.0 g/mol. The van der Waals surface area contributed by atoms with E-state index in [4.69, 9.17) is 0 Å². The van der Waals surface area contributed by atoms with Crippen molar-refractivity contribution in [2.45, 2.75) is 6.82 Å². The summed E-state index contributed by atoms with van der Waals surface area (Å²) in [7, 11) is 2.14. The lowest BCUT2D eigenvalue weighted by Crippen LogP contribution is -1.81. The molecule has 2 heteroatoms.